The van der Waals surface area contributed by atoms with Crippen LogP contribution >= 0.6 is 0 Å². The van der Waals surface area contributed by atoms with E-state index >= 15 is 0 Å². The van der Waals surface area contributed by atoms with Gasteiger partial charge in [0.25, 0.3) is 0 Å². The summed E-state index contributed by atoms with van der Waals surface area (Å²) < 4.78 is 31.5. The summed E-state index contributed by atoms with van der Waals surface area (Å²) >= 11 is 0. The fourth-order valence-corrected chi connectivity index (χ4v) is 1.06. The molecule has 0 spiro atoms. The van der Waals surface area contributed by atoms with E-state index in [1.807, 2.05) is 0 Å². The normalized spacial score (nSPS) is 12.6. The molecule has 1 aromatic carbocycles. The van der Waals surface area contributed by atoms with Crippen LogP contribution < -0.4 is 11.2 Å². The van der Waals surface area contributed by atoms with E-state index in [-0.39, 0.29) is 5.69 Å². The second-order valence-electron chi connectivity index (χ2n) is 5.21. The van der Waals surface area contributed by atoms with Crippen LogP contribution in [0.15, 0.2) is 12.1 Å². The topological polar surface area (TPSA) is 55.5 Å². The van der Waals surface area contributed by atoms with Crippen LogP contribution in [0.25, 0.3) is 0 Å². The van der Waals surface area contributed by atoms with Crippen molar-refractivity contribution in [3.8, 4) is 0 Å². The van der Waals surface area contributed by atoms with Crippen molar-refractivity contribution < 1.29 is 18.5 Å². The third kappa shape index (κ3) is 3.20. The van der Waals surface area contributed by atoms with Crippen molar-refractivity contribution in [3.05, 3.63) is 23.8 Å². The van der Waals surface area contributed by atoms with Gasteiger partial charge in [0.2, 0.25) is 0 Å². The molecule has 1 rings (SSSR count). The fourth-order valence-electron chi connectivity index (χ4n) is 1.06. The van der Waals surface area contributed by atoms with Crippen molar-refractivity contribution in [2.45, 2.75) is 38.9 Å². The summed E-state index contributed by atoms with van der Waals surface area (Å²) in [5, 5.41) is 9.87. The standard InChI is InChI=1S/C12H17BF2NO2/c1-11(2,17)12(3,4)18-13-7-5-8(14)10(15)9(16)6-7/h5-6,17H,16H2,1-4H3. The van der Waals surface area contributed by atoms with Crippen molar-refractivity contribution in [2.75, 3.05) is 5.73 Å². The molecular weight excluding hydrogens is 239 g/mol. The Balaban J connectivity index is 2.82. The first-order chi connectivity index (χ1) is 8.04. The highest BCUT2D eigenvalue weighted by Crippen LogP contribution is 2.24. The van der Waals surface area contributed by atoms with Crippen LogP contribution in [0.1, 0.15) is 27.7 Å². The van der Waals surface area contributed by atoms with Crippen LogP contribution in [0.4, 0.5) is 14.5 Å². The first-order valence-corrected chi connectivity index (χ1v) is 5.52. The fraction of sp³-hybridized carbons (Fsp3) is 0.500. The Morgan fingerprint density at radius 1 is 1.22 bits per heavy atom. The number of hydrogen-bond donors (Lipinski definition) is 2. The Labute approximate surface area is 106 Å². The Hall–Kier alpha value is -1.14. The van der Waals surface area contributed by atoms with Gasteiger partial charge < -0.3 is 15.5 Å². The van der Waals surface area contributed by atoms with Crippen LogP contribution in [0, 0.1) is 11.6 Å². The van der Waals surface area contributed by atoms with E-state index in [9.17, 15) is 13.9 Å². The maximum Gasteiger partial charge on any atom is 0.331 e. The number of benzene rings is 1. The summed E-state index contributed by atoms with van der Waals surface area (Å²) in [6.07, 6.45) is 0. The number of nitrogens with two attached hydrogens (primary N) is 1. The quantitative estimate of drug-likeness (QED) is 0.631. The van der Waals surface area contributed by atoms with Gasteiger partial charge in [0.1, 0.15) is 0 Å². The first-order valence-electron chi connectivity index (χ1n) is 5.52. The SMILES string of the molecule is CC(C)(O)C(C)(C)O[B]c1cc(N)c(F)c(F)c1. The second kappa shape index (κ2) is 4.86. The van der Waals surface area contributed by atoms with E-state index in [0.717, 1.165) is 6.07 Å². The van der Waals surface area contributed by atoms with Crippen molar-refractivity contribution in [1.82, 2.24) is 0 Å². The van der Waals surface area contributed by atoms with Gasteiger partial charge in [-0.05, 0) is 45.3 Å². The molecule has 0 heterocycles. The van der Waals surface area contributed by atoms with E-state index < -0.39 is 22.8 Å². The zero-order valence-electron chi connectivity index (χ0n) is 10.9. The molecular formula is C12H17BF2NO2. The average Bonchev–Trinajstić information content (AvgIpc) is 2.21. The summed E-state index contributed by atoms with van der Waals surface area (Å²) in [6.45, 7) is 6.57. The molecule has 1 radical (unpaired) electrons. The van der Waals surface area contributed by atoms with E-state index in [1.54, 1.807) is 27.7 Å². The molecule has 18 heavy (non-hydrogen) atoms. The van der Waals surface area contributed by atoms with Gasteiger partial charge in [-0.3, -0.25) is 0 Å². The molecule has 0 saturated heterocycles. The summed E-state index contributed by atoms with van der Waals surface area (Å²) in [7, 11) is 1.25. The van der Waals surface area contributed by atoms with Crippen LogP contribution in [0.2, 0.25) is 0 Å². The highest BCUT2D eigenvalue weighted by Gasteiger charge is 2.35. The zero-order valence-corrected chi connectivity index (χ0v) is 10.9. The maximum atomic E-state index is 13.1. The van der Waals surface area contributed by atoms with Crippen LogP contribution in [0.3, 0.4) is 0 Å². The predicted octanol–water partition coefficient (Wildman–Crippen LogP) is 1.36. The van der Waals surface area contributed by atoms with E-state index in [1.165, 1.54) is 13.5 Å². The minimum Gasteiger partial charge on any atom is -0.427 e. The molecule has 0 bridgehead atoms. The summed E-state index contributed by atoms with van der Waals surface area (Å²) in [5.74, 6) is -2.11. The lowest BCUT2D eigenvalue weighted by Gasteiger charge is -2.37. The summed E-state index contributed by atoms with van der Waals surface area (Å²) in [4.78, 5) is 0. The molecule has 3 N–H and O–H groups in total. The monoisotopic (exact) mass is 256 g/mol. The van der Waals surface area contributed by atoms with Gasteiger partial charge in [-0.1, -0.05) is 0 Å². The molecule has 99 valence electrons. The largest absolute Gasteiger partial charge is 0.427 e. The Bertz CT molecular complexity index is 421. The molecule has 1 aromatic rings. The number of rotatable bonds is 4. The van der Waals surface area contributed by atoms with Gasteiger partial charge in [0, 0.05) is 0 Å². The van der Waals surface area contributed by atoms with Gasteiger partial charge in [0.05, 0.1) is 16.9 Å². The Morgan fingerprint density at radius 3 is 2.22 bits per heavy atom. The van der Waals surface area contributed by atoms with Crippen LogP contribution in [-0.2, 0) is 4.65 Å². The lowest BCUT2D eigenvalue weighted by Crippen LogP contribution is -2.49. The third-order valence-electron chi connectivity index (χ3n) is 3.04. The van der Waals surface area contributed by atoms with Crippen LogP contribution in [0.5, 0.6) is 0 Å². The smallest absolute Gasteiger partial charge is 0.331 e. The minimum absolute atomic E-state index is 0.286. The molecule has 0 saturated carbocycles. The molecule has 0 aliphatic heterocycles. The van der Waals surface area contributed by atoms with Crippen molar-refractivity contribution in [2.24, 2.45) is 0 Å². The third-order valence-corrected chi connectivity index (χ3v) is 3.04. The molecule has 0 atom stereocenters. The molecule has 3 nitrogen and oxygen atoms in total. The zero-order chi connectivity index (χ0) is 14.1. The van der Waals surface area contributed by atoms with E-state index in [2.05, 4.69) is 0 Å². The molecule has 0 aliphatic rings. The minimum atomic E-state index is -1.09. The van der Waals surface area contributed by atoms with Crippen molar-refractivity contribution in [1.29, 1.82) is 0 Å². The molecule has 0 unspecified atom stereocenters. The van der Waals surface area contributed by atoms with Gasteiger partial charge in [0.15, 0.2) is 11.6 Å². The van der Waals surface area contributed by atoms with Gasteiger partial charge >= 0.3 is 7.48 Å². The van der Waals surface area contributed by atoms with E-state index in [4.69, 9.17) is 10.4 Å². The lowest BCUT2D eigenvalue weighted by atomic mass is 9.82. The summed E-state index contributed by atoms with van der Waals surface area (Å²) in [6, 6.07) is 2.24. The van der Waals surface area contributed by atoms with Gasteiger partial charge in [-0.15, -0.1) is 0 Å². The number of anilines is 1. The summed E-state index contributed by atoms with van der Waals surface area (Å²) in [5.41, 5.74) is 3.34. The number of hydrogen-bond acceptors (Lipinski definition) is 3. The maximum absolute atomic E-state index is 13.1. The molecule has 6 heteroatoms. The van der Waals surface area contributed by atoms with Gasteiger partial charge in [-0.2, -0.15) is 0 Å². The van der Waals surface area contributed by atoms with E-state index in [0.29, 0.717) is 5.46 Å². The predicted molar refractivity (Wildman–Crippen MR) is 67.6 cm³/mol. The highest BCUT2D eigenvalue weighted by molar-refractivity contribution is 6.47. The van der Waals surface area contributed by atoms with Crippen LogP contribution in [-0.4, -0.2) is 23.8 Å². The number of aliphatic hydroxyl groups is 1. The Morgan fingerprint density at radius 2 is 1.78 bits per heavy atom. The molecule has 0 amide bonds. The van der Waals surface area contributed by atoms with Crippen molar-refractivity contribution in [3.63, 3.8) is 0 Å². The lowest BCUT2D eigenvalue weighted by molar-refractivity contribution is -0.0893. The number of nitrogen functional groups attached to an aromatic ring is 1. The van der Waals surface area contributed by atoms with Crippen molar-refractivity contribution >= 4 is 18.6 Å². The second-order valence-corrected chi connectivity index (χ2v) is 5.21. The molecule has 0 aliphatic carbocycles. The first kappa shape index (κ1) is 14.9. The Kier molecular flexibility index (Phi) is 4.03. The van der Waals surface area contributed by atoms with Gasteiger partial charge in [-0.25, -0.2) is 8.78 Å². The molecule has 0 fully saturated rings. The highest BCUT2D eigenvalue weighted by atomic mass is 19.2. The average molecular weight is 256 g/mol. The number of halogens is 2. The molecule has 0 aromatic heterocycles.